The lowest BCUT2D eigenvalue weighted by molar-refractivity contribution is 0.0278. The van der Waals surface area contributed by atoms with Crippen LogP contribution in [0.1, 0.15) is 24.1 Å². The second kappa shape index (κ2) is 9.63. The molecule has 0 saturated carbocycles. The van der Waals surface area contributed by atoms with Crippen molar-refractivity contribution >= 4 is 12.4 Å². The normalized spacial score (nSPS) is 14.6. The third-order valence-corrected chi connectivity index (χ3v) is 3.98. The number of rotatable bonds is 8. The van der Waals surface area contributed by atoms with E-state index in [9.17, 15) is 5.11 Å². The van der Waals surface area contributed by atoms with Gasteiger partial charge >= 0.3 is 0 Å². The topological polar surface area (TPSA) is 60.0 Å². The molecule has 2 N–H and O–H groups in total. The third-order valence-electron chi connectivity index (χ3n) is 3.98. The summed E-state index contributed by atoms with van der Waals surface area (Å²) in [7, 11) is 0. The van der Waals surface area contributed by atoms with E-state index in [0.29, 0.717) is 13.2 Å². The molecular formula is C19H24ClNO4. The average molecular weight is 366 g/mol. The van der Waals surface area contributed by atoms with Gasteiger partial charge in [-0.2, -0.15) is 0 Å². The van der Waals surface area contributed by atoms with Gasteiger partial charge in [0.2, 0.25) is 6.79 Å². The zero-order valence-electron chi connectivity index (χ0n) is 14.2. The van der Waals surface area contributed by atoms with Crippen molar-refractivity contribution < 1.29 is 19.3 Å². The highest BCUT2D eigenvalue weighted by molar-refractivity contribution is 5.85. The van der Waals surface area contributed by atoms with Crippen LogP contribution in [0.3, 0.4) is 0 Å². The summed E-state index contributed by atoms with van der Waals surface area (Å²) in [6.45, 7) is 3.54. The molecule has 0 bridgehead atoms. The molecule has 0 saturated heterocycles. The number of nitrogens with one attached hydrogen (secondary N) is 1. The Balaban J connectivity index is 0.00000225. The van der Waals surface area contributed by atoms with E-state index in [-0.39, 0.29) is 31.8 Å². The molecule has 1 heterocycles. The zero-order valence-corrected chi connectivity index (χ0v) is 15.0. The van der Waals surface area contributed by atoms with Gasteiger partial charge in [0.05, 0.1) is 19.3 Å². The van der Waals surface area contributed by atoms with Crippen molar-refractivity contribution in [3.8, 4) is 11.5 Å². The predicted octanol–water partition coefficient (Wildman–Crippen LogP) is 3.07. The molecule has 1 aliphatic rings. The largest absolute Gasteiger partial charge is 0.454 e. The van der Waals surface area contributed by atoms with Gasteiger partial charge in [-0.3, -0.25) is 0 Å². The zero-order chi connectivity index (χ0) is 16.8. The van der Waals surface area contributed by atoms with Crippen LogP contribution in [0, 0.1) is 0 Å². The molecule has 2 aromatic rings. The number of aliphatic hydroxyl groups is 1. The molecular weight excluding hydrogens is 342 g/mol. The summed E-state index contributed by atoms with van der Waals surface area (Å²) in [6, 6.07) is 16.1. The first kappa shape index (κ1) is 19.5. The predicted molar refractivity (Wildman–Crippen MR) is 98.3 cm³/mol. The maximum Gasteiger partial charge on any atom is 0.231 e. The Kier molecular flexibility index (Phi) is 7.52. The number of halogens is 1. The van der Waals surface area contributed by atoms with E-state index in [1.54, 1.807) is 0 Å². The van der Waals surface area contributed by atoms with Gasteiger partial charge in [0.1, 0.15) is 0 Å². The third kappa shape index (κ3) is 5.61. The van der Waals surface area contributed by atoms with Gasteiger partial charge in [-0.1, -0.05) is 36.4 Å². The molecule has 0 fully saturated rings. The highest BCUT2D eigenvalue weighted by Crippen LogP contribution is 2.32. The van der Waals surface area contributed by atoms with E-state index < -0.39 is 6.10 Å². The first-order valence-electron chi connectivity index (χ1n) is 8.15. The molecule has 1 aliphatic heterocycles. The van der Waals surface area contributed by atoms with Crippen molar-refractivity contribution in [1.82, 2.24) is 5.32 Å². The Labute approximate surface area is 154 Å². The monoisotopic (exact) mass is 365 g/mol. The number of aliphatic hydroxyl groups excluding tert-OH is 1. The van der Waals surface area contributed by atoms with E-state index in [2.05, 4.69) is 24.4 Å². The highest BCUT2D eigenvalue weighted by Gasteiger charge is 2.13. The molecule has 5 nitrogen and oxygen atoms in total. The van der Waals surface area contributed by atoms with Crippen LogP contribution in [-0.2, 0) is 11.3 Å². The Morgan fingerprint density at radius 2 is 1.88 bits per heavy atom. The van der Waals surface area contributed by atoms with Gasteiger partial charge in [-0.25, -0.2) is 0 Å². The molecule has 6 heteroatoms. The summed E-state index contributed by atoms with van der Waals surface area (Å²) < 4.78 is 16.2. The van der Waals surface area contributed by atoms with Gasteiger partial charge in [0, 0.05) is 12.6 Å². The van der Waals surface area contributed by atoms with Crippen LogP contribution in [0.25, 0.3) is 0 Å². The Hall–Kier alpha value is -1.79. The quantitative estimate of drug-likeness (QED) is 0.753. The van der Waals surface area contributed by atoms with E-state index >= 15 is 0 Å². The molecule has 136 valence electrons. The molecule has 0 aromatic heterocycles. The minimum absolute atomic E-state index is 0. The maximum absolute atomic E-state index is 10.0. The molecule has 0 amide bonds. The lowest BCUT2D eigenvalue weighted by Gasteiger charge is -2.17. The maximum atomic E-state index is 10.0. The summed E-state index contributed by atoms with van der Waals surface area (Å²) in [6.07, 6.45) is -0.551. The smallest absolute Gasteiger partial charge is 0.231 e. The Morgan fingerprint density at radius 3 is 2.68 bits per heavy atom. The molecule has 3 rings (SSSR count). The van der Waals surface area contributed by atoms with E-state index in [0.717, 1.165) is 17.1 Å². The van der Waals surface area contributed by atoms with Crippen molar-refractivity contribution in [2.24, 2.45) is 0 Å². The molecule has 25 heavy (non-hydrogen) atoms. The van der Waals surface area contributed by atoms with Crippen LogP contribution in [0.2, 0.25) is 0 Å². The average Bonchev–Trinajstić information content (AvgIpc) is 3.08. The van der Waals surface area contributed by atoms with Crippen LogP contribution in [0.4, 0.5) is 0 Å². The van der Waals surface area contributed by atoms with Crippen LogP contribution in [0.5, 0.6) is 11.5 Å². The fraction of sp³-hybridized carbons (Fsp3) is 0.368. The minimum atomic E-state index is -0.551. The fourth-order valence-corrected chi connectivity index (χ4v) is 2.57. The second-order valence-electron chi connectivity index (χ2n) is 5.90. The van der Waals surface area contributed by atoms with Crippen molar-refractivity contribution in [2.75, 3.05) is 19.9 Å². The Morgan fingerprint density at radius 1 is 1.12 bits per heavy atom. The number of hydrogen-bond acceptors (Lipinski definition) is 5. The highest BCUT2D eigenvalue weighted by atomic mass is 35.5. The van der Waals surface area contributed by atoms with Gasteiger partial charge in [0.15, 0.2) is 11.5 Å². The SMILES string of the molecule is CC(NCC(O)COCc1ccc2c(c1)OCO2)c1ccccc1.Cl. The Bertz CT molecular complexity index is 653. The van der Waals surface area contributed by atoms with Crippen LogP contribution >= 0.6 is 12.4 Å². The first-order chi connectivity index (χ1) is 11.7. The van der Waals surface area contributed by atoms with Crippen LogP contribution in [-0.4, -0.2) is 31.2 Å². The standard InChI is InChI=1S/C19H23NO4.ClH/c1-14(16-5-3-2-4-6-16)20-10-17(21)12-22-11-15-7-8-18-19(9-15)24-13-23-18;/h2-9,14,17,20-21H,10-13H2,1H3;1H. The van der Waals surface area contributed by atoms with Gasteiger partial charge in [0.25, 0.3) is 0 Å². The first-order valence-corrected chi connectivity index (χ1v) is 8.15. The number of ether oxygens (including phenoxy) is 3. The lowest BCUT2D eigenvalue weighted by atomic mass is 10.1. The number of hydrogen-bond donors (Lipinski definition) is 2. The summed E-state index contributed by atoms with van der Waals surface area (Å²) >= 11 is 0. The number of benzene rings is 2. The fourth-order valence-electron chi connectivity index (χ4n) is 2.57. The van der Waals surface area contributed by atoms with E-state index in [1.165, 1.54) is 5.56 Å². The molecule has 0 spiro atoms. The molecule has 0 radical (unpaired) electrons. The summed E-state index contributed by atoms with van der Waals surface area (Å²) in [5.41, 5.74) is 2.20. The van der Waals surface area contributed by atoms with Crippen molar-refractivity contribution in [3.05, 3.63) is 59.7 Å². The van der Waals surface area contributed by atoms with E-state index in [1.807, 2.05) is 36.4 Å². The van der Waals surface area contributed by atoms with Crippen molar-refractivity contribution in [3.63, 3.8) is 0 Å². The number of fused-ring (bicyclic) bond motifs is 1. The van der Waals surface area contributed by atoms with Crippen LogP contribution in [0.15, 0.2) is 48.5 Å². The minimum Gasteiger partial charge on any atom is -0.454 e. The van der Waals surface area contributed by atoms with Crippen molar-refractivity contribution in [1.29, 1.82) is 0 Å². The summed E-state index contributed by atoms with van der Waals surface area (Å²) in [5, 5.41) is 13.4. The van der Waals surface area contributed by atoms with E-state index in [4.69, 9.17) is 14.2 Å². The van der Waals surface area contributed by atoms with Crippen LogP contribution < -0.4 is 14.8 Å². The molecule has 2 unspecified atom stereocenters. The van der Waals surface area contributed by atoms with Gasteiger partial charge < -0.3 is 24.6 Å². The van der Waals surface area contributed by atoms with Gasteiger partial charge in [-0.15, -0.1) is 12.4 Å². The molecule has 0 aliphatic carbocycles. The molecule has 2 aromatic carbocycles. The van der Waals surface area contributed by atoms with Crippen molar-refractivity contribution in [2.45, 2.75) is 25.7 Å². The molecule has 2 atom stereocenters. The summed E-state index contributed by atoms with van der Waals surface area (Å²) in [5.74, 6) is 1.51. The summed E-state index contributed by atoms with van der Waals surface area (Å²) in [4.78, 5) is 0. The lowest BCUT2D eigenvalue weighted by Crippen LogP contribution is -2.32. The second-order valence-corrected chi connectivity index (χ2v) is 5.90. The van der Waals surface area contributed by atoms with Gasteiger partial charge in [-0.05, 0) is 30.2 Å².